The molecule has 1 unspecified atom stereocenters. The molecule has 1 aromatic rings. The number of rotatable bonds is 2. The second-order valence-corrected chi connectivity index (χ2v) is 4.96. The normalized spacial score (nSPS) is 19.8. The summed E-state index contributed by atoms with van der Waals surface area (Å²) in [6.45, 7) is 7.77. The van der Waals surface area contributed by atoms with Crippen molar-refractivity contribution in [2.45, 2.75) is 26.3 Å². The molecule has 0 aromatic heterocycles. The van der Waals surface area contributed by atoms with Gasteiger partial charge in [0, 0.05) is 25.7 Å². The van der Waals surface area contributed by atoms with E-state index in [2.05, 4.69) is 49.3 Å². The fourth-order valence-corrected chi connectivity index (χ4v) is 2.29. The summed E-state index contributed by atoms with van der Waals surface area (Å²) in [5, 5.41) is 3.47. The molecule has 0 amide bonds. The molecule has 1 saturated heterocycles. The summed E-state index contributed by atoms with van der Waals surface area (Å²) in [7, 11) is 2.23. The van der Waals surface area contributed by atoms with Crippen LogP contribution in [0.15, 0.2) is 18.2 Å². The average Bonchev–Trinajstić information content (AvgIpc) is 2.27. The Bertz CT molecular complexity index is 369. The Balaban J connectivity index is 0.00000144. The van der Waals surface area contributed by atoms with E-state index in [0.29, 0.717) is 6.04 Å². The van der Waals surface area contributed by atoms with Gasteiger partial charge < -0.3 is 10.2 Å². The molecule has 0 saturated carbocycles. The standard InChI is InChI=1S/C14H22N2.2ClH/c1-11-4-5-13(8-12(11)2)9-14-10-15-6-7-16(14)3;;/h4-5,8,14-15H,6-7,9-10H2,1-3H3;2*1H. The van der Waals surface area contributed by atoms with Gasteiger partial charge in [-0.1, -0.05) is 18.2 Å². The van der Waals surface area contributed by atoms with Crippen LogP contribution in [0, 0.1) is 13.8 Å². The predicted molar refractivity (Wildman–Crippen MR) is 83.4 cm³/mol. The van der Waals surface area contributed by atoms with Crippen LogP contribution in [-0.4, -0.2) is 37.6 Å². The van der Waals surface area contributed by atoms with E-state index in [9.17, 15) is 0 Å². The first-order valence-electron chi connectivity index (χ1n) is 6.14. The van der Waals surface area contributed by atoms with Gasteiger partial charge in [-0.05, 0) is 44.0 Å². The van der Waals surface area contributed by atoms with Crippen LogP contribution in [0.3, 0.4) is 0 Å². The van der Waals surface area contributed by atoms with E-state index in [4.69, 9.17) is 0 Å². The molecular formula is C14H24Cl2N2. The monoisotopic (exact) mass is 290 g/mol. The van der Waals surface area contributed by atoms with Gasteiger partial charge in [0.05, 0.1) is 0 Å². The van der Waals surface area contributed by atoms with Gasteiger partial charge >= 0.3 is 0 Å². The zero-order valence-electron chi connectivity index (χ0n) is 11.4. The van der Waals surface area contributed by atoms with Gasteiger partial charge in [-0.15, -0.1) is 24.8 Å². The molecule has 1 fully saturated rings. The number of hydrogen-bond donors (Lipinski definition) is 1. The second-order valence-electron chi connectivity index (χ2n) is 4.96. The van der Waals surface area contributed by atoms with Crippen molar-refractivity contribution in [3.63, 3.8) is 0 Å². The summed E-state index contributed by atoms with van der Waals surface area (Å²) >= 11 is 0. The smallest absolute Gasteiger partial charge is 0.0258 e. The first-order valence-corrected chi connectivity index (χ1v) is 6.14. The number of nitrogens with one attached hydrogen (secondary N) is 1. The topological polar surface area (TPSA) is 15.3 Å². The van der Waals surface area contributed by atoms with Crippen LogP contribution in [0.5, 0.6) is 0 Å². The van der Waals surface area contributed by atoms with Crippen LogP contribution >= 0.6 is 24.8 Å². The third-order valence-corrected chi connectivity index (χ3v) is 3.69. The van der Waals surface area contributed by atoms with Crippen LogP contribution in [-0.2, 0) is 6.42 Å². The summed E-state index contributed by atoms with van der Waals surface area (Å²) < 4.78 is 0. The highest BCUT2D eigenvalue weighted by atomic mass is 35.5. The lowest BCUT2D eigenvalue weighted by molar-refractivity contribution is 0.199. The summed E-state index contributed by atoms with van der Waals surface area (Å²) in [5.41, 5.74) is 4.26. The minimum atomic E-state index is 0. The third kappa shape index (κ3) is 4.43. The van der Waals surface area contributed by atoms with Crippen molar-refractivity contribution in [2.24, 2.45) is 0 Å². The molecule has 1 aromatic carbocycles. The maximum absolute atomic E-state index is 3.47. The molecule has 0 bridgehead atoms. The van der Waals surface area contributed by atoms with Crippen molar-refractivity contribution >= 4 is 24.8 Å². The van der Waals surface area contributed by atoms with Crippen LogP contribution in [0.2, 0.25) is 0 Å². The summed E-state index contributed by atoms with van der Waals surface area (Å²) in [6, 6.07) is 7.49. The molecule has 1 atom stereocenters. The average molecular weight is 291 g/mol. The summed E-state index contributed by atoms with van der Waals surface area (Å²) in [6.07, 6.45) is 1.16. The van der Waals surface area contributed by atoms with Gasteiger partial charge in [0.25, 0.3) is 0 Å². The molecule has 0 aliphatic carbocycles. The fourth-order valence-electron chi connectivity index (χ4n) is 2.29. The van der Waals surface area contributed by atoms with Crippen molar-refractivity contribution in [2.75, 3.05) is 26.7 Å². The molecular weight excluding hydrogens is 267 g/mol. The maximum Gasteiger partial charge on any atom is 0.0258 e. The first-order chi connectivity index (χ1) is 7.66. The molecule has 4 heteroatoms. The molecule has 1 aliphatic heterocycles. The second kappa shape index (κ2) is 8.00. The Labute approximate surface area is 123 Å². The van der Waals surface area contributed by atoms with Crippen LogP contribution < -0.4 is 5.32 Å². The van der Waals surface area contributed by atoms with E-state index in [0.717, 1.165) is 26.1 Å². The summed E-state index contributed by atoms with van der Waals surface area (Å²) in [4.78, 5) is 2.46. The number of hydrogen-bond acceptors (Lipinski definition) is 2. The van der Waals surface area contributed by atoms with Gasteiger partial charge in [0.2, 0.25) is 0 Å². The number of nitrogens with zero attached hydrogens (tertiary/aromatic N) is 1. The van der Waals surface area contributed by atoms with E-state index in [1.165, 1.54) is 16.7 Å². The summed E-state index contributed by atoms with van der Waals surface area (Å²) in [5.74, 6) is 0. The lowest BCUT2D eigenvalue weighted by Crippen LogP contribution is -2.50. The Morgan fingerprint density at radius 1 is 1.22 bits per heavy atom. The van der Waals surface area contributed by atoms with E-state index in [1.54, 1.807) is 0 Å². The minimum absolute atomic E-state index is 0. The molecule has 2 nitrogen and oxygen atoms in total. The molecule has 104 valence electrons. The lowest BCUT2D eigenvalue weighted by Gasteiger charge is -2.33. The number of piperazine rings is 1. The number of aryl methyl sites for hydroxylation is 2. The molecule has 1 N–H and O–H groups in total. The van der Waals surface area contributed by atoms with Crippen molar-refractivity contribution in [1.82, 2.24) is 10.2 Å². The van der Waals surface area contributed by atoms with Crippen molar-refractivity contribution in [3.05, 3.63) is 34.9 Å². The third-order valence-electron chi connectivity index (χ3n) is 3.69. The SMILES string of the molecule is Cc1ccc(CC2CNCCN2C)cc1C.Cl.Cl. The van der Waals surface area contributed by atoms with Crippen molar-refractivity contribution in [1.29, 1.82) is 0 Å². The zero-order chi connectivity index (χ0) is 11.5. The maximum atomic E-state index is 3.47. The molecule has 0 spiro atoms. The Morgan fingerprint density at radius 2 is 1.94 bits per heavy atom. The molecule has 0 radical (unpaired) electrons. The fraction of sp³-hybridized carbons (Fsp3) is 0.571. The highest BCUT2D eigenvalue weighted by Gasteiger charge is 2.18. The van der Waals surface area contributed by atoms with E-state index in [1.807, 2.05) is 0 Å². The lowest BCUT2D eigenvalue weighted by atomic mass is 9.99. The minimum Gasteiger partial charge on any atom is -0.314 e. The molecule has 2 rings (SSSR count). The Morgan fingerprint density at radius 3 is 2.56 bits per heavy atom. The van der Waals surface area contributed by atoms with Gasteiger partial charge in [-0.2, -0.15) is 0 Å². The van der Waals surface area contributed by atoms with Gasteiger partial charge in [-0.3, -0.25) is 0 Å². The van der Waals surface area contributed by atoms with Gasteiger partial charge in [-0.25, -0.2) is 0 Å². The van der Waals surface area contributed by atoms with E-state index >= 15 is 0 Å². The largest absolute Gasteiger partial charge is 0.314 e. The molecule has 18 heavy (non-hydrogen) atoms. The highest BCUT2D eigenvalue weighted by Crippen LogP contribution is 2.14. The van der Waals surface area contributed by atoms with Crippen LogP contribution in [0.1, 0.15) is 16.7 Å². The quantitative estimate of drug-likeness (QED) is 0.901. The van der Waals surface area contributed by atoms with Crippen molar-refractivity contribution < 1.29 is 0 Å². The predicted octanol–water partition coefficient (Wildman–Crippen LogP) is 2.59. The van der Waals surface area contributed by atoms with Gasteiger partial charge in [0.1, 0.15) is 0 Å². The molecule has 1 heterocycles. The number of benzene rings is 1. The van der Waals surface area contributed by atoms with Crippen LogP contribution in [0.4, 0.5) is 0 Å². The van der Waals surface area contributed by atoms with Crippen molar-refractivity contribution in [3.8, 4) is 0 Å². The Hall–Kier alpha value is -0.280. The zero-order valence-corrected chi connectivity index (χ0v) is 13.0. The van der Waals surface area contributed by atoms with E-state index in [-0.39, 0.29) is 24.8 Å². The highest BCUT2D eigenvalue weighted by molar-refractivity contribution is 5.85. The first kappa shape index (κ1) is 17.7. The Kier molecular flexibility index (Phi) is 7.88. The molecule has 1 aliphatic rings. The van der Waals surface area contributed by atoms with E-state index < -0.39 is 0 Å². The number of likely N-dealkylation sites (N-methyl/N-ethyl adjacent to an activating group) is 1. The van der Waals surface area contributed by atoms with Gasteiger partial charge in [0.15, 0.2) is 0 Å². The number of halogens is 2. The van der Waals surface area contributed by atoms with Crippen LogP contribution in [0.25, 0.3) is 0 Å².